The van der Waals surface area contributed by atoms with E-state index in [4.69, 9.17) is 9.47 Å². The van der Waals surface area contributed by atoms with Crippen molar-refractivity contribution in [3.05, 3.63) is 60.7 Å². The highest BCUT2D eigenvalue weighted by Gasteiger charge is 2.18. The van der Waals surface area contributed by atoms with E-state index in [1.54, 1.807) is 18.5 Å². The summed E-state index contributed by atoms with van der Waals surface area (Å²) >= 11 is 0. The molecule has 26 heavy (non-hydrogen) atoms. The molecule has 2 aromatic carbocycles. The van der Waals surface area contributed by atoms with Gasteiger partial charge in [-0.2, -0.15) is 0 Å². The number of halogens is 1. The van der Waals surface area contributed by atoms with Crippen molar-refractivity contribution < 1.29 is 13.9 Å². The molecule has 0 aliphatic heterocycles. The summed E-state index contributed by atoms with van der Waals surface area (Å²) in [5, 5.41) is 0. The molecular weight excluding hydrogens is 331 g/mol. The molecular formula is C21H23FN2O2. The SMILES string of the molecule is COc1ccc(-c2c(-c3ccccc3)ncn2CCOC(C)C)c(F)c1. The van der Waals surface area contributed by atoms with E-state index in [2.05, 4.69) is 4.98 Å². The lowest BCUT2D eigenvalue weighted by Crippen LogP contribution is -2.11. The zero-order chi connectivity index (χ0) is 18.5. The van der Waals surface area contributed by atoms with Crippen molar-refractivity contribution >= 4 is 0 Å². The Kier molecular flexibility index (Phi) is 5.68. The number of benzene rings is 2. The summed E-state index contributed by atoms with van der Waals surface area (Å²) in [7, 11) is 1.53. The summed E-state index contributed by atoms with van der Waals surface area (Å²) in [5.41, 5.74) is 2.93. The van der Waals surface area contributed by atoms with Crippen molar-refractivity contribution in [1.29, 1.82) is 0 Å². The van der Waals surface area contributed by atoms with Crippen LogP contribution in [0.5, 0.6) is 5.75 Å². The molecule has 0 aliphatic carbocycles. The zero-order valence-electron chi connectivity index (χ0n) is 15.3. The Morgan fingerprint density at radius 3 is 2.54 bits per heavy atom. The number of ether oxygens (including phenoxy) is 2. The second kappa shape index (κ2) is 8.15. The molecule has 1 heterocycles. The van der Waals surface area contributed by atoms with Crippen molar-refractivity contribution in [2.75, 3.05) is 13.7 Å². The van der Waals surface area contributed by atoms with Gasteiger partial charge in [0.2, 0.25) is 0 Å². The molecule has 0 unspecified atom stereocenters. The second-order valence-electron chi connectivity index (χ2n) is 6.27. The van der Waals surface area contributed by atoms with E-state index in [1.807, 2.05) is 48.7 Å². The average molecular weight is 354 g/mol. The first-order valence-corrected chi connectivity index (χ1v) is 8.66. The number of aromatic nitrogens is 2. The molecule has 0 spiro atoms. The van der Waals surface area contributed by atoms with Gasteiger partial charge in [-0.1, -0.05) is 30.3 Å². The van der Waals surface area contributed by atoms with Crippen molar-refractivity contribution in [2.45, 2.75) is 26.5 Å². The number of imidazole rings is 1. The van der Waals surface area contributed by atoms with Crippen molar-refractivity contribution in [2.24, 2.45) is 0 Å². The molecule has 0 fully saturated rings. The van der Waals surface area contributed by atoms with Gasteiger partial charge in [0.15, 0.2) is 0 Å². The van der Waals surface area contributed by atoms with Gasteiger partial charge >= 0.3 is 0 Å². The minimum atomic E-state index is -0.340. The molecule has 0 aliphatic rings. The molecule has 0 N–H and O–H groups in total. The van der Waals surface area contributed by atoms with Crippen LogP contribution < -0.4 is 4.74 Å². The molecule has 0 saturated heterocycles. The highest BCUT2D eigenvalue weighted by molar-refractivity contribution is 5.79. The van der Waals surface area contributed by atoms with E-state index >= 15 is 0 Å². The smallest absolute Gasteiger partial charge is 0.136 e. The number of rotatable bonds is 7. The summed E-state index contributed by atoms with van der Waals surface area (Å²) in [5.74, 6) is 0.148. The van der Waals surface area contributed by atoms with Crippen LogP contribution in [0, 0.1) is 5.82 Å². The topological polar surface area (TPSA) is 36.3 Å². The fraction of sp³-hybridized carbons (Fsp3) is 0.286. The standard InChI is InChI=1S/C21H23FN2O2/c1-15(2)26-12-11-24-14-23-20(16-7-5-4-6-8-16)21(24)18-10-9-17(25-3)13-19(18)22/h4-10,13-15H,11-12H2,1-3H3. The predicted octanol–water partition coefficient (Wildman–Crippen LogP) is 4.79. The van der Waals surface area contributed by atoms with Crippen LogP contribution in [0.15, 0.2) is 54.9 Å². The molecule has 0 bridgehead atoms. The molecule has 1 aromatic heterocycles. The maximum atomic E-state index is 14.8. The molecule has 0 radical (unpaired) electrons. The van der Waals surface area contributed by atoms with Crippen molar-refractivity contribution in [3.63, 3.8) is 0 Å². The van der Waals surface area contributed by atoms with Crippen LogP contribution in [0.1, 0.15) is 13.8 Å². The van der Waals surface area contributed by atoms with E-state index in [9.17, 15) is 4.39 Å². The van der Waals surface area contributed by atoms with Gasteiger partial charge in [0.25, 0.3) is 0 Å². The second-order valence-corrected chi connectivity index (χ2v) is 6.27. The molecule has 0 amide bonds. The lowest BCUT2D eigenvalue weighted by Gasteiger charge is -2.13. The first-order valence-electron chi connectivity index (χ1n) is 8.66. The summed E-state index contributed by atoms with van der Waals surface area (Å²) < 4.78 is 27.5. The molecule has 0 atom stereocenters. The van der Waals surface area contributed by atoms with E-state index in [0.717, 1.165) is 17.0 Å². The monoisotopic (exact) mass is 354 g/mol. The Balaban J connectivity index is 2.06. The van der Waals surface area contributed by atoms with Gasteiger partial charge in [-0.15, -0.1) is 0 Å². The minimum absolute atomic E-state index is 0.147. The maximum Gasteiger partial charge on any atom is 0.136 e. The van der Waals surface area contributed by atoms with E-state index < -0.39 is 0 Å². The summed E-state index contributed by atoms with van der Waals surface area (Å²) in [4.78, 5) is 4.55. The molecule has 4 nitrogen and oxygen atoms in total. The van der Waals surface area contributed by atoms with Crippen molar-refractivity contribution in [1.82, 2.24) is 9.55 Å². The molecule has 3 aromatic rings. The summed E-state index contributed by atoms with van der Waals surface area (Å²) in [6.07, 6.45) is 1.89. The maximum absolute atomic E-state index is 14.8. The van der Waals surface area contributed by atoms with Gasteiger partial charge in [0.05, 0.1) is 37.5 Å². The lowest BCUT2D eigenvalue weighted by atomic mass is 10.0. The van der Waals surface area contributed by atoms with Gasteiger partial charge in [-0.05, 0) is 26.0 Å². The molecule has 3 rings (SSSR count). The van der Waals surface area contributed by atoms with Crippen LogP contribution in [0.4, 0.5) is 4.39 Å². The van der Waals surface area contributed by atoms with Crippen LogP contribution in [-0.4, -0.2) is 29.4 Å². The van der Waals surface area contributed by atoms with E-state index in [0.29, 0.717) is 24.5 Å². The quantitative estimate of drug-likeness (QED) is 0.612. The lowest BCUT2D eigenvalue weighted by molar-refractivity contribution is 0.0729. The van der Waals surface area contributed by atoms with Crippen molar-refractivity contribution in [3.8, 4) is 28.3 Å². The van der Waals surface area contributed by atoms with Gasteiger partial charge in [0, 0.05) is 23.7 Å². The Morgan fingerprint density at radius 2 is 1.88 bits per heavy atom. The van der Waals surface area contributed by atoms with Gasteiger partial charge in [-0.25, -0.2) is 9.37 Å². The minimum Gasteiger partial charge on any atom is -0.497 e. The fourth-order valence-electron chi connectivity index (χ4n) is 2.84. The Hall–Kier alpha value is -2.66. The number of nitrogens with zero attached hydrogens (tertiary/aromatic N) is 2. The Morgan fingerprint density at radius 1 is 1.12 bits per heavy atom. The van der Waals surface area contributed by atoms with E-state index in [1.165, 1.54) is 13.2 Å². The van der Waals surface area contributed by atoms with Crippen LogP contribution >= 0.6 is 0 Å². The van der Waals surface area contributed by atoms with Gasteiger partial charge < -0.3 is 14.0 Å². The third-order valence-electron chi connectivity index (χ3n) is 4.10. The number of hydrogen-bond donors (Lipinski definition) is 0. The predicted molar refractivity (Wildman–Crippen MR) is 101 cm³/mol. The van der Waals surface area contributed by atoms with E-state index in [-0.39, 0.29) is 11.9 Å². The number of hydrogen-bond acceptors (Lipinski definition) is 3. The molecule has 136 valence electrons. The Labute approximate surface area is 153 Å². The third-order valence-corrected chi connectivity index (χ3v) is 4.10. The molecule has 5 heteroatoms. The average Bonchev–Trinajstić information content (AvgIpc) is 3.05. The normalized spacial score (nSPS) is 11.1. The Bertz CT molecular complexity index is 860. The number of methoxy groups -OCH3 is 1. The largest absolute Gasteiger partial charge is 0.497 e. The van der Waals surface area contributed by atoms with Crippen LogP contribution in [0.25, 0.3) is 22.5 Å². The first-order chi connectivity index (χ1) is 12.6. The highest BCUT2D eigenvalue weighted by Crippen LogP contribution is 2.34. The van der Waals surface area contributed by atoms with Gasteiger partial charge in [-0.3, -0.25) is 0 Å². The summed E-state index contributed by atoms with van der Waals surface area (Å²) in [6, 6.07) is 14.7. The molecule has 0 saturated carbocycles. The zero-order valence-corrected chi connectivity index (χ0v) is 15.3. The highest BCUT2D eigenvalue weighted by atomic mass is 19.1. The third kappa shape index (κ3) is 3.94. The first kappa shape index (κ1) is 18.1. The summed E-state index contributed by atoms with van der Waals surface area (Å²) in [6.45, 7) is 5.12. The van der Waals surface area contributed by atoms with Gasteiger partial charge in [0.1, 0.15) is 11.6 Å². The fourth-order valence-corrected chi connectivity index (χ4v) is 2.84. The van der Waals surface area contributed by atoms with Crippen LogP contribution in [0.2, 0.25) is 0 Å². The van der Waals surface area contributed by atoms with Crippen LogP contribution in [-0.2, 0) is 11.3 Å². The van der Waals surface area contributed by atoms with Crippen LogP contribution in [0.3, 0.4) is 0 Å².